The zero-order valence-corrected chi connectivity index (χ0v) is 15.3. The van der Waals surface area contributed by atoms with Crippen LogP contribution in [-0.2, 0) is 4.74 Å². The Morgan fingerprint density at radius 2 is 1.38 bits per heavy atom. The van der Waals surface area contributed by atoms with Gasteiger partial charge in [-0.3, -0.25) is 0 Å². The molecule has 0 radical (unpaired) electrons. The van der Waals surface area contributed by atoms with Gasteiger partial charge in [-0.1, -0.05) is 72.3 Å². The number of azo groups is 1. The summed E-state index contributed by atoms with van der Waals surface area (Å²) in [4.78, 5) is 0. The third-order valence-electron chi connectivity index (χ3n) is 5.75. The number of hydrogen-bond acceptors (Lipinski definition) is 3. The van der Waals surface area contributed by atoms with Gasteiger partial charge in [0.15, 0.2) is 11.7 Å². The summed E-state index contributed by atoms with van der Waals surface area (Å²) in [6.45, 7) is 0. The van der Waals surface area contributed by atoms with Gasteiger partial charge in [0.25, 0.3) is 16.6 Å². The monoisotopic (exact) mass is 426 g/mol. The SMILES string of the molecule is FC1=C(F)C2(F)C(c3ccccc3)N=NC2(F)C2(OC2c2ccccc2)C1(F)Cl. The summed E-state index contributed by atoms with van der Waals surface area (Å²) in [5, 5.41) is 2.99. The highest BCUT2D eigenvalue weighted by molar-refractivity contribution is 6.26. The van der Waals surface area contributed by atoms with E-state index in [-0.39, 0.29) is 11.1 Å². The number of hydrogen-bond donors (Lipinski definition) is 0. The van der Waals surface area contributed by atoms with Crippen LogP contribution in [0.4, 0.5) is 22.0 Å². The van der Waals surface area contributed by atoms with Crippen LogP contribution in [0.1, 0.15) is 23.3 Å². The van der Waals surface area contributed by atoms with Crippen molar-refractivity contribution in [3.8, 4) is 0 Å². The molecule has 3 aliphatic rings. The zero-order valence-electron chi connectivity index (χ0n) is 14.5. The van der Waals surface area contributed by atoms with Gasteiger partial charge in [0, 0.05) is 0 Å². The molecule has 1 aliphatic carbocycles. The molecule has 3 nitrogen and oxygen atoms in total. The van der Waals surface area contributed by atoms with Crippen LogP contribution < -0.4 is 0 Å². The van der Waals surface area contributed by atoms with Crippen LogP contribution in [0.2, 0.25) is 0 Å². The van der Waals surface area contributed by atoms with Crippen LogP contribution in [0.25, 0.3) is 0 Å². The second-order valence-electron chi connectivity index (χ2n) is 7.21. The Kier molecular flexibility index (Phi) is 3.63. The minimum absolute atomic E-state index is 0.0363. The summed E-state index contributed by atoms with van der Waals surface area (Å²) in [7, 11) is 0. The van der Waals surface area contributed by atoms with Gasteiger partial charge in [0.05, 0.1) is 0 Å². The molecule has 1 fully saturated rings. The molecule has 0 bridgehead atoms. The maximum atomic E-state index is 16.2. The Morgan fingerprint density at radius 3 is 1.97 bits per heavy atom. The van der Waals surface area contributed by atoms with Gasteiger partial charge in [-0.15, -0.1) is 5.11 Å². The fourth-order valence-corrected chi connectivity index (χ4v) is 4.61. The third kappa shape index (κ3) is 1.96. The number of epoxide rings is 1. The third-order valence-corrected chi connectivity index (χ3v) is 6.20. The Bertz CT molecular complexity index is 1050. The predicted molar refractivity (Wildman–Crippen MR) is 93.7 cm³/mol. The molecule has 6 atom stereocenters. The van der Waals surface area contributed by atoms with Crippen molar-refractivity contribution in [2.45, 2.75) is 34.3 Å². The lowest BCUT2D eigenvalue weighted by Crippen LogP contribution is -2.66. The van der Waals surface area contributed by atoms with E-state index in [0.717, 1.165) is 0 Å². The first-order valence-corrected chi connectivity index (χ1v) is 9.11. The molecule has 0 N–H and O–H groups in total. The maximum absolute atomic E-state index is 16.2. The molecule has 2 aliphatic heterocycles. The second kappa shape index (κ2) is 5.64. The number of fused-ring (bicyclic) bond motifs is 2. The van der Waals surface area contributed by atoms with Crippen LogP contribution >= 0.6 is 11.6 Å². The fourth-order valence-electron chi connectivity index (χ4n) is 4.25. The van der Waals surface area contributed by atoms with Crippen molar-refractivity contribution >= 4 is 11.6 Å². The molecule has 1 spiro atoms. The van der Waals surface area contributed by atoms with Crippen LogP contribution in [0.3, 0.4) is 0 Å². The van der Waals surface area contributed by atoms with Crippen LogP contribution in [-0.4, -0.2) is 22.2 Å². The highest BCUT2D eigenvalue weighted by Gasteiger charge is 2.94. The lowest BCUT2D eigenvalue weighted by Gasteiger charge is -2.43. The van der Waals surface area contributed by atoms with Gasteiger partial charge in [0.1, 0.15) is 12.1 Å². The fraction of sp³-hybridized carbons (Fsp3) is 0.300. The molecule has 2 heterocycles. The Morgan fingerprint density at radius 1 is 0.828 bits per heavy atom. The molecule has 1 saturated heterocycles. The molecular weight excluding hydrogens is 415 g/mol. The lowest BCUT2D eigenvalue weighted by molar-refractivity contribution is -0.119. The van der Waals surface area contributed by atoms with Crippen LogP contribution in [0.5, 0.6) is 0 Å². The van der Waals surface area contributed by atoms with Gasteiger partial charge in [-0.25, -0.2) is 22.0 Å². The standard InChI is InChI=1S/C20H12ClF5N2O/c21-19(25)14(23)13(22)17(24)15(11-7-3-1-4-8-11)27-28-20(17,26)18(19)16(29-18)12-9-5-2-6-10-12/h1-10,15-16H. The molecule has 2 aromatic rings. The molecule has 2 aromatic carbocycles. The van der Waals surface area contributed by atoms with Crippen LogP contribution in [0, 0.1) is 0 Å². The van der Waals surface area contributed by atoms with Crippen molar-refractivity contribution < 1.29 is 26.7 Å². The summed E-state index contributed by atoms with van der Waals surface area (Å²) in [6, 6.07) is 13.0. The Hall–Kier alpha value is -2.32. The second-order valence-corrected chi connectivity index (χ2v) is 7.73. The number of halogens is 6. The lowest BCUT2D eigenvalue weighted by atomic mass is 9.68. The highest BCUT2D eigenvalue weighted by Crippen LogP contribution is 2.77. The van der Waals surface area contributed by atoms with E-state index in [0.29, 0.717) is 0 Å². The normalized spacial score (nSPS) is 43.0. The minimum Gasteiger partial charge on any atom is -0.350 e. The smallest absolute Gasteiger partial charge is 0.298 e. The summed E-state index contributed by atoms with van der Waals surface area (Å²) in [6.07, 6.45) is -1.50. The number of rotatable bonds is 2. The van der Waals surface area contributed by atoms with Crippen molar-refractivity contribution in [1.82, 2.24) is 0 Å². The van der Waals surface area contributed by atoms with E-state index in [2.05, 4.69) is 10.2 Å². The van der Waals surface area contributed by atoms with E-state index in [4.69, 9.17) is 16.3 Å². The predicted octanol–water partition coefficient (Wildman–Crippen LogP) is 6.15. The summed E-state index contributed by atoms with van der Waals surface area (Å²) in [5.74, 6) is -8.33. The van der Waals surface area contributed by atoms with E-state index in [1.807, 2.05) is 0 Å². The number of nitrogens with zero attached hydrogens (tertiary/aromatic N) is 2. The van der Waals surface area contributed by atoms with Crippen molar-refractivity contribution in [3.63, 3.8) is 0 Å². The maximum Gasteiger partial charge on any atom is 0.298 e. The van der Waals surface area contributed by atoms with Crippen molar-refractivity contribution in [3.05, 3.63) is 83.4 Å². The molecule has 150 valence electrons. The van der Waals surface area contributed by atoms with Gasteiger partial charge < -0.3 is 4.74 Å². The summed E-state index contributed by atoms with van der Waals surface area (Å²) in [5.41, 5.74) is -6.49. The topological polar surface area (TPSA) is 37.2 Å². The van der Waals surface area contributed by atoms with Gasteiger partial charge >= 0.3 is 0 Å². The molecule has 29 heavy (non-hydrogen) atoms. The number of benzene rings is 2. The molecule has 6 unspecified atom stereocenters. The molecule has 0 saturated carbocycles. The molecule has 0 amide bonds. The average Bonchev–Trinajstić information content (AvgIpc) is 3.45. The zero-order chi connectivity index (χ0) is 20.7. The molecule has 5 rings (SSSR count). The first-order chi connectivity index (χ1) is 13.7. The first-order valence-electron chi connectivity index (χ1n) is 8.73. The highest BCUT2D eigenvalue weighted by atomic mass is 35.5. The van der Waals surface area contributed by atoms with Crippen LogP contribution in [0.15, 0.2) is 82.5 Å². The van der Waals surface area contributed by atoms with E-state index < -0.39 is 46.0 Å². The molecular formula is C20H12ClF5N2O. The largest absolute Gasteiger partial charge is 0.350 e. The van der Waals surface area contributed by atoms with Crippen molar-refractivity contribution in [2.24, 2.45) is 10.2 Å². The summed E-state index contributed by atoms with van der Waals surface area (Å²) < 4.78 is 82.6. The van der Waals surface area contributed by atoms with E-state index in [1.165, 1.54) is 36.4 Å². The quantitative estimate of drug-likeness (QED) is 0.246. The van der Waals surface area contributed by atoms with E-state index in [1.54, 1.807) is 24.3 Å². The van der Waals surface area contributed by atoms with Gasteiger partial charge in [-0.2, -0.15) is 5.11 Å². The van der Waals surface area contributed by atoms with Crippen molar-refractivity contribution in [1.29, 1.82) is 0 Å². The number of alkyl halides is 4. The minimum atomic E-state index is -3.83. The Balaban J connectivity index is 1.73. The number of ether oxygens (including phenoxy) is 1. The van der Waals surface area contributed by atoms with Crippen molar-refractivity contribution in [2.75, 3.05) is 0 Å². The van der Waals surface area contributed by atoms with Gasteiger partial charge in [0.2, 0.25) is 5.60 Å². The van der Waals surface area contributed by atoms with E-state index in [9.17, 15) is 8.78 Å². The van der Waals surface area contributed by atoms with Gasteiger partial charge in [-0.05, 0) is 11.1 Å². The van der Waals surface area contributed by atoms with E-state index >= 15 is 13.2 Å². The first kappa shape index (κ1) is 18.7. The molecule has 9 heteroatoms. The Labute approximate surface area is 166 Å². The average molecular weight is 427 g/mol. The summed E-state index contributed by atoms with van der Waals surface area (Å²) >= 11 is 5.66. The molecule has 0 aromatic heterocycles.